The molecule has 0 saturated carbocycles. The second kappa shape index (κ2) is 9.41. The number of nitrogens with one attached hydrogen (secondary N) is 1. The van der Waals surface area contributed by atoms with E-state index in [1.807, 2.05) is 24.8 Å². The summed E-state index contributed by atoms with van der Waals surface area (Å²) in [4.78, 5) is 6.40. The van der Waals surface area contributed by atoms with E-state index in [9.17, 15) is 0 Å². The number of allylic oxidation sites excluding steroid dienone is 2. The standard InChI is InChI=1S/C17H26N4S/c1-2-9-19-17(22)21(14-16-7-4-3-5-8-16)12-6-11-20-13-10-18-15-20/h2-4,10,13,15-16H,1,5-9,11-12,14H2,(H,19,22). The maximum atomic E-state index is 5.55. The van der Waals surface area contributed by atoms with Crippen LogP contribution in [0.25, 0.3) is 0 Å². The summed E-state index contributed by atoms with van der Waals surface area (Å²) in [6.07, 6.45) is 16.8. The predicted molar refractivity (Wildman–Crippen MR) is 95.7 cm³/mol. The molecule has 1 aliphatic carbocycles. The first-order valence-electron chi connectivity index (χ1n) is 8.04. The first-order chi connectivity index (χ1) is 10.8. The maximum absolute atomic E-state index is 5.55. The number of rotatable bonds is 8. The molecule has 1 aromatic heterocycles. The van der Waals surface area contributed by atoms with Gasteiger partial charge in [0.2, 0.25) is 0 Å². The fourth-order valence-corrected chi connectivity index (χ4v) is 2.99. The molecule has 1 aromatic rings. The van der Waals surface area contributed by atoms with Crippen molar-refractivity contribution in [1.29, 1.82) is 0 Å². The molecule has 4 nitrogen and oxygen atoms in total. The molecule has 0 aliphatic heterocycles. The summed E-state index contributed by atoms with van der Waals surface area (Å²) in [6.45, 7) is 7.46. The summed E-state index contributed by atoms with van der Waals surface area (Å²) in [6, 6.07) is 0. The van der Waals surface area contributed by atoms with Crippen LogP contribution in [0.3, 0.4) is 0 Å². The van der Waals surface area contributed by atoms with Crippen molar-refractivity contribution in [3.05, 3.63) is 43.5 Å². The molecule has 1 heterocycles. The van der Waals surface area contributed by atoms with Gasteiger partial charge in [-0.05, 0) is 43.8 Å². The van der Waals surface area contributed by atoms with Crippen molar-refractivity contribution in [2.45, 2.75) is 32.2 Å². The van der Waals surface area contributed by atoms with Gasteiger partial charge in [-0.3, -0.25) is 0 Å². The topological polar surface area (TPSA) is 33.1 Å². The lowest BCUT2D eigenvalue weighted by molar-refractivity contribution is 0.310. The number of hydrogen-bond donors (Lipinski definition) is 1. The van der Waals surface area contributed by atoms with Gasteiger partial charge in [-0.1, -0.05) is 18.2 Å². The van der Waals surface area contributed by atoms with Crippen molar-refractivity contribution in [3.8, 4) is 0 Å². The van der Waals surface area contributed by atoms with Crippen LogP contribution in [-0.2, 0) is 6.54 Å². The lowest BCUT2D eigenvalue weighted by atomic mass is 9.94. The van der Waals surface area contributed by atoms with Crippen molar-refractivity contribution in [2.75, 3.05) is 19.6 Å². The van der Waals surface area contributed by atoms with Crippen molar-refractivity contribution < 1.29 is 0 Å². The molecule has 1 N–H and O–H groups in total. The zero-order valence-electron chi connectivity index (χ0n) is 13.2. The van der Waals surface area contributed by atoms with E-state index in [0.717, 1.165) is 37.7 Å². The Morgan fingerprint density at radius 3 is 3.09 bits per heavy atom. The first kappa shape index (κ1) is 16.7. The van der Waals surface area contributed by atoms with Crippen LogP contribution >= 0.6 is 12.2 Å². The Morgan fingerprint density at radius 1 is 1.50 bits per heavy atom. The van der Waals surface area contributed by atoms with Crippen molar-refractivity contribution in [1.82, 2.24) is 19.8 Å². The minimum atomic E-state index is 0.710. The van der Waals surface area contributed by atoms with Crippen LogP contribution in [0.2, 0.25) is 0 Å². The molecule has 0 aromatic carbocycles. The monoisotopic (exact) mass is 318 g/mol. The lowest BCUT2D eigenvalue weighted by Crippen LogP contribution is -2.43. The van der Waals surface area contributed by atoms with Crippen LogP contribution in [-0.4, -0.2) is 39.2 Å². The predicted octanol–water partition coefficient (Wildman–Crippen LogP) is 2.99. The minimum absolute atomic E-state index is 0.710. The Morgan fingerprint density at radius 2 is 2.41 bits per heavy atom. The number of nitrogens with zero attached hydrogens (tertiary/aromatic N) is 3. The van der Waals surface area contributed by atoms with E-state index in [0.29, 0.717) is 5.92 Å². The molecule has 0 fully saturated rings. The Bertz CT molecular complexity index is 481. The van der Waals surface area contributed by atoms with E-state index >= 15 is 0 Å². The van der Waals surface area contributed by atoms with E-state index in [1.165, 1.54) is 19.3 Å². The molecule has 0 bridgehead atoms. The molecule has 0 saturated heterocycles. The Balaban J connectivity index is 1.83. The average molecular weight is 318 g/mol. The summed E-state index contributed by atoms with van der Waals surface area (Å²) in [5, 5.41) is 4.12. The van der Waals surface area contributed by atoms with Gasteiger partial charge in [0.25, 0.3) is 0 Å². The molecule has 5 heteroatoms. The second-order valence-corrected chi connectivity index (χ2v) is 6.11. The quantitative estimate of drug-likeness (QED) is 0.590. The molecule has 0 radical (unpaired) electrons. The fourth-order valence-electron chi connectivity index (χ4n) is 2.74. The highest BCUT2D eigenvalue weighted by atomic mass is 32.1. The Hall–Kier alpha value is -1.62. The zero-order chi connectivity index (χ0) is 15.6. The van der Waals surface area contributed by atoms with Gasteiger partial charge in [0, 0.05) is 38.6 Å². The average Bonchev–Trinajstić information content (AvgIpc) is 3.06. The van der Waals surface area contributed by atoms with Gasteiger partial charge in [-0.15, -0.1) is 6.58 Å². The molecule has 1 unspecified atom stereocenters. The molecule has 22 heavy (non-hydrogen) atoms. The number of thiocarbonyl (C=S) groups is 1. The number of aryl methyl sites for hydroxylation is 1. The molecule has 1 aliphatic rings. The molecular weight excluding hydrogens is 292 g/mol. The van der Waals surface area contributed by atoms with E-state index in [1.54, 1.807) is 0 Å². The summed E-state index contributed by atoms with van der Waals surface area (Å²) in [7, 11) is 0. The number of hydrogen-bond acceptors (Lipinski definition) is 2. The smallest absolute Gasteiger partial charge is 0.169 e. The highest BCUT2D eigenvalue weighted by molar-refractivity contribution is 7.80. The molecule has 0 spiro atoms. The van der Waals surface area contributed by atoms with Crippen LogP contribution in [0.5, 0.6) is 0 Å². The normalized spacial score (nSPS) is 17.2. The molecular formula is C17H26N4S. The van der Waals surface area contributed by atoms with E-state index < -0.39 is 0 Å². The van der Waals surface area contributed by atoms with Crippen molar-refractivity contribution in [2.24, 2.45) is 5.92 Å². The van der Waals surface area contributed by atoms with Crippen molar-refractivity contribution in [3.63, 3.8) is 0 Å². The maximum Gasteiger partial charge on any atom is 0.169 e. The van der Waals surface area contributed by atoms with Gasteiger partial charge in [0.15, 0.2) is 5.11 Å². The van der Waals surface area contributed by atoms with Gasteiger partial charge in [0.05, 0.1) is 6.33 Å². The fraction of sp³-hybridized carbons (Fsp3) is 0.529. The summed E-state index contributed by atoms with van der Waals surface area (Å²) in [5.41, 5.74) is 0. The van der Waals surface area contributed by atoms with Gasteiger partial charge < -0.3 is 14.8 Å². The summed E-state index contributed by atoms with van der Waals surface area (Å²) in [5.74, 6) is 0.710. The zero-order valence-corrected chi connectivity index (χ0v) is 14.0. The molecule has 120 valence electrons. The highest BCUT2D eigenvalue weighted by Gasteiger charge is 2.16. The van der Waals surface area contributed by atoms with E-state index in [-0.39, 0.29) is 0 Å². The van der Waals surface area contributed by atoms with Crippen LogP contribution in [0.15, 0.2) is 43.5 Å². The number of imidazole rings is 1. The first-order valence-corrected chi connectivity index (χ1v) is 8.45. The van der Waals surface area contributed by atoms with Crippen LogP contribution in [0.4, 0.5) is 0 Å². The van der Waals surface area contributed by atoms with E-state index in [4.69, 9.17) is 12.2 Å². The van der Waals surface area contributed by atoms with Gasteiger partial charge >= 0.3 is 0 Å². The lowest BCUT2D eigenvalue weighted by Gasteiger charge is -2.30. The van der Waals surface area contributed by atoms with E-state index in [2.05, 4.69) is 38.5 Å². The molecule has 2 rings (SSSR count). The van der Waals surface area contributed by atoms with Crippen LogP contribution < -0.4 is 5.32 Å². The highest BCUT2D eigenvalue weighted by Crippen LogP contribution is 2.19. The Labute approximate surface area is 138 Å². The van der Waals surface area contributed by atoms with Gasteiger partial charge in [-0.25, -0.2) is 4.98 Å². The number of aromatic nitrogens is 2. The largest absolute Gasteiger partial charge is 0.359 e. The third kappa shape index (κ3) is 5.64. The van der Waals surface area contributed by atoms with Crippen LogP contribution in [0, 0.1) is 5.92 Å². The van der Waals surface area contributed by atoms with Gasteiger partial charge in [-0.2, -0.15) is 0 Å². The summed E-state index contributed by atoms with van der Waals surface area (Å²) >= 11 is 5.55. The van der Waals surface area contributed by atoms with Gasteiger partial charge in [0.1, 0.15) is 0 Å². The SMILES string of the molecule is C=CCNC(=S)N(CCCn1ccnc1)CC1CC=CCC1. The second-order valence-electron chi connectivity index (χ2n) is 5.73. The van der Waals surface area contributed by atoms with Crippen molar-refractivity contribution >= 4 is 17.3 Å². The minimum Gasteiger partial charge on any atom is -0.359 e. The summed E-state index contributed by atoms with van der Waals surface area (Å²) < 4.78 is 2.11. The van der Waals surface area contributed by atoms with Crippen LogP contribution in [0.1, 0.15) is 25.7 Å². The third-order valence-electron chi connectivity index (χ3n) is 3.94. The Kier molecular flexibility index (Phi) is 7.16. The molecule has 0 amide bonds. The molecule has 1 atom stereocenters. The third-order valence-corrected chi connectivity index (χ3v) is 4.35.